The number of methoxy groups -OCH3 is 1. The van der Waals surface area contributed by atoms with E-state index in [1.165, 1.54) is 6.07 Å². The van der Waals surface area contributed by atoms with Gasteiger partial charge in [0.15, 0.2) is 0 Å². The van der Waals surface area contributed by atoms with Gasteiger partial charge in [-0.2, -0.15) is 0 Å². The Morgan fingerprint density at radius 2 is 1.85 bits per heavy atom. The molecule has 0 aliphatic heterocycles. The molecule has 1 aromatic heterocycles. The second-order valence-corrected chi connectivity index (χ2v) is 6.00. The summed E-state index contributed by atoms with van der Waals surface area (Å²) >= 11 is 0. The minimum absolute atomic E-state index is 0.0433. The Labute approximate surface area is 151 Å². The molecule has 0 bridgehead atoms. The molecule has 1 heterocycles. The number of aryl methyl sites for hydroxylation is 1. The van der Waals surface area contributed by atoms with Gasteiger partial charge in [-0.25, -0.2) is 0 Å². The van der Waals surface area contributed by atoms with Gasteiger partial charge in [0.2, 0.25) is 0 Å². The minimum atomic E-state index is -0.199. The highest BCUT2D eigenvalue weighted by Crippen LogP contribution is 2.20. The predicted molar refractivity (Wildman–Crippen MR) is 102 cm³/mol. The van der Waals surface area contributed by atoms with Crippen molar-refractivity contribution in [3.8, 4) is 5.75 Å². The molecule has 26 heavy (non-hydrogen) atoms. The average molecular weight is 348 g/mol. The fourth-order valence-corrected chi connectivity index (χ4v) is 2.65. The van der Waals surface area contributed by atoms with Crippen molar-refractivity contribution < 1.29 is 9.53 Å². The highest BCUT2D eigenvalue weighted by Gasteiger charge is 2.09. The van der Waals surface area contributed by atoms with Crippen LogP contribution < -0.4 is 15.6 Å². The first-order chi connectivity index (χ1) is 12.6. The first-order valence-electron chi connectivity index (χ1n) is 8.27. The van der Waals surface area contributed by atoms with E-state index in [4.69, 9.17) is 4.74 Å². The number of rotatable bonds is 5. The van der Waals surface area contributed by atoms with Crippen molar-refractivity contribution in [2.24, 2.45) is 0 Å². The smallest absolute Gasteiger partial charge is 0.255 e. The number of hydrogen-bond acceptors (Lipinski definition) is 3. The van der Waals surface area contributed by atoms with Crippen LogP contribution in [0, 0.1) is 6.92 Å². The van der Waals surface area contributed by atoms with Crippen molar-refractivity contribution in [2.75, 3.05) is 12.4 Å². The molecule has 0 saturated carbocycles. The molecule has 1 amide bonds. The van der Waals surface area contributed by atoms with Crippen LogP contribution in [0.1, 0.15) is 21.5 Å². The van der Waals surface area contributed by atoms with Gasteiger partial charge in [-0.05, 0) is 48.4 Å². The zero-order valence-electron chi connectivity index (χ0n) is 14.7. The number of pyridine rings is 1. The summed E-state index contributed by atoms with van der Waals surface area (Å²) in [6, 6.07) is 17.9. The van der Waals surface area contributed by atoms with E-state index in [0.29, 0.717) is 23.5 Å². The zero-order valence-corrected chi connectivity index (χ0v) is 14.7. The zero-order chi connectivity index (χ0) is 18.5. The van der Waals surface area contributed by atoms with Gasteiger partial charge in [-0.3, -0.25) is 9.59 Å². The van der Waals surface area contributed by atoms with Crippen LogP contribution in [0.3, 0.4) is 0 Å². The Balaban J connectivity index is 1.70. The monoisotopic (exact) mass is 348 g/mol. The Kier molecular flexibility index (Phi) is 5.17. The molecule has 3 aromatic rings. The summed E-state index contributed by atoms with van der Waals surface area (Å²) in [5.41, 5.74) is 3.14. The van der Waals surface area contributed by atoms with Gasteiger partial charge in [-0.15, -0.1) is 0 Å². The second kappa shape index (κ2) is 7.70. The lowest BCUT2D eigenvalue weighted by molar-refractivity contribution is 0.102. The molecule has 5 nitrogen and oxygen atoms in total. The van der Waals surface area contributed by atoms with E-state index < -0.39 is 0 Å². The van der Waals surface area contributed by atoms with Crippen molar-refractivity contribution >= 4 is 11.6 Å². The Hall–Kier alpha value is -3.34. The number of amides is 1. The first-order valence-corrected chi connectivity index (χ1v) is 8.27. The standard InChI is InChI=1S/C21H20N2O3/c1-15-6-9-17(13-19(15)26-2)21(25)22-18-10-7-16(8-11-18)14-23-12-4-3-5-20(23)24/h3-13H,14H2,1-2H3,(H,22,25). The van der Waals surface area contributed by atoms with E-state index in [1.54, 1.807) is 36.1 Å². The highest BCUT2D eigenvalue weighted by atomic mass is 16.5. The Morgan fingerprint density at radius 1 is 1.08 bits per heavy atom. The quantitative estimate of drug-likeness (QED) is 0.768. The molecule has 0 atom stereocenters. The van der Waals surface area contributed by atoms with Crippen LogP contribution in [0.5, 0.6) is 5.75 Å². The lowest BCUT2D eigenvalue weighted by Crippen LogP contribution is -2.18. The van der Waals surface area contributed by atoms with Gasteiger partial charge in [0.1, 0.15) is 5.75 Å². The molecule has 2 aromatic carbocycles. The van der Waals surface area contributed by atoms with E-state index in [2.05, 4.69) is 5.32 Å². The first kappa shape index (κ1) is 17.5. The number of carbonyl (C=O) groups excluding carboxylic acids is 1. The molecule has 0 saturated heterocycles. The number of ether oxygens (including phenoxy) is 1. The van der Waals surface area contributed by atoms with E-state index in [-0.39, 0.29) is 11.5 Å². The summed E-state index contributed by atoms with van der Waals surface area (Å²) in [6.07, 6.45) is 1.75. The Bertz CT molecular complexity index is 975. The molecule has 0 fully saturated rings. The van der Waals surface area contributed by atoms with Crippen molar-refractivity contribution in [3.05, 3.63) is 93.9 Å². The molecule has 5 heteroatoms. The van der Waals surface area contributed by atoms with Crippen LogP contribution in [0.2, 0.25) is 0 Å². The van der Waals surface area contributed by atoms with Crippen LogP contribution in [0.15, 0.2) is 71.7 Å². The summed E-state index contributed by atoms with van der Waals surface area (Å²) in [5.74, 6) is 0.483. The lowest BCUT2D eigenvalue weighted by atomic mass is 10.1. The van der Waals surface area contributed by atoms with Gasteiger partial charge < -0.3 is 14.6 Å². The topological polar surface area (TPSA) is 60.3 Å². The third kappa shape index (κ3) is 4.00. The van der Waals surface area contributed by atoms with Gasteiger partial charge in [0.25, 0.3) is 11.5 Å². The number of aromatic nitrogens is 1. The van der Waals surface area contributed by atoms with Crippen molar-refractivity contribution in [1.29, 1.82) is 0 Å². The summed E-state index contributed by atoms with van der Waals surface area (Å²) < 4.78 is 6.89. The molecule has 132 valence electrons. The van der Waals surface area contributed by atoms with E-state index >= 15 is 0 Å². The Morgan fingerprint density at radius 3 is 2.54 bits per heavy atom. The van der Waals surface area contributed by atoms with Gasteiger partial charge in [0, 0.05) is 23.5 Å². The number of carbonyl (C=O) groups is 1. The van der Waals surface area contributed by atoms with Crippen LogP contribution in [-0.2, 0) is 6.54 Å². The van der Waals surface area contributed by atoms with Crippen molar-refractivity contribution in [3.63, 3.8) is 0 Å². The molecule has 0 unspecified atom stereocenters. The van der Waals surface area contributed by atoms with Gasteiger partial charge in [-0.1, -0.05) is 24.3 Å². The molecule has 0 radical (unpaired) electrons. The fourth-order valence-electron chi connectivity index (χ4n) is 2.65. The molecular formula is C21H20N2O3. The number of hydrogen-bond donors (Lipinski definition) is 1. The summed E-state index contributed by atoms with van der Waals surface area (Å²) in [5, 5.41) is 2.87. The largest absolute Gasteiger partial charge is 0.496 e. The number of nitrogens with zero attached hydrogens (tertiary/aromatic N) is 1. The minimum Gasteiger partial charge on any atom is -0.496 e. The van der Waals surface area contributed by atoms with E-state index in [9.17, 15) is 9.59 Å². The normalized spacial score (nSPS) is 10.4. The third-order valence-electron chi connectivity index (χ3n) is 4.13. The maximum absolute atomic E-state index is 12.4. The second-order valence-electron chi connectivity index (χ2n) is 6.00. The molecule has 0 spiro atoms. The summed E-state index contributed by atoms with van der Waals surface area (Å²) in [4.78, 5) is 24.2. The SMILES string of the molecule is COc1cc(C(=O)Nc2ccc(Cn3ccccc3=O)cc2)ccc1C. The van der Waals surface area contributed by atoms with Gasteiger partial charge >= 0.3 is 0 Å². The predicted octanol–water partition coefficient (Wildman–Crippen LogP) is 3.47. The van der Waals surface area contributed by atoms with Crippen LogP contribution in [-0.4, -0.2) is 17.6 Å². The van der Waals surface area contributed by atoms with E-state index in [0.717, 1.165) is 11.1 Å². The summed E-state index contributed by atoms with van der Waals surface area (Å²) in [7, 11) is 1.58. The molecular weight excluding hydrogens is 328 g/mol. The highest BCUT2D eigenvalue weighted by molar-refractivity contribution is 6.04. The maximum atomic E-state index is 12.4. The molecule has 3 rings (SSSR count). The van der Waals surface area contributed by atoms with Crippen LogP contribution >= 0.6 is 0 Å². The summed E-state index contributed by atoms with van der Waals surface area (Å²) in [6.45, 7) is 2.42. The lowest BCUT2D eigenvalue weighted by Gasteiger charge is -2.10. The molecule has 1 N–H and O–H groups in total. The van der Waals surface area contributed by atoms with Gasteiger partial charge in [0.05, 0.1) is 13.7 Å². The maximum Gasteiger partial charge on any atom is 0.255 e. The number of benzene rings is 2. The number of anilines is 1. The fraction of sp³-hybridized carbons (Fsp3) is 0.143. The third-order valence-corrected chi connectivity index (χ3v) is 4.13. The molecule has 0 aliphatic carbocycles. The number of nitrogens with one attached hydrogen (secondary N) is 1. The molecule has 0 aliphatic rings. The van der Waals surface area contributed by atoms with Crippen molar-refractivity contribution in [1.82, 2.24) is 4.57 Å². The van der Waals surface area contributed by atoms with Crippen LogP contribution in [0.4, 0.5) is 5.69 Å². The van der Waals surface area contributed by atoms with E-state index in [1.807, 2.05) is 43.3 Å². The van der Waals surface area contributed by atoms with Crippen molar-refractivity contribution in [2.45, 2.75) is 13.5 Å². The van der Waals surface area contributed by atoms with Crippen LogP contribution in [0.25, 0.3) is 0 Å². The average Bonchev–Trinajstić information content (AvgIpc) is 2.65.